The maximum absolute atomic E-state index is 2.38. The normalized spacial score (nSPS) is 19.9. The van der Waals surface area contributed by atoms with Crippen LogP contribution >= 0.6 is 7.26 Å². The van der Waals surface area contributed by atoms with Gasteiger partial charge in [-0.05, 0) is 61.1 Å². The molecule has 0 heterocycles. The summed E-state index contributed by atoms with van der Waals surface area (Å²) in [6.45, 7) is 2.36. The minimum atomic E-state index is -1.64. The van der Waals surface area contributed by atoms with Crippen molar-refractivity contribution in [3.63, 3.8) is 0 Å². The van der Waals surface area contributed by atoms with E-state index in [0.717, 1.165) is 11.8 Å². The van der Waals surface area contributed by atoms with Crippen LogP contribution in [-0.2, 0) is 0 Å². The van der Waals surface area contributed by atoms with Crippen molar-refractivity contribution in [2.24, 2.45) is 11.8 Å². The summed E-state index contributed by atoms with van der Waals surface area (Å²) in [6.07, 6.45) is 6.86. The lowest BCUT2D eigenvalue weighted by atomic mass is 10.0. The summed E-state index contributed by atoms with van der Waals surface area (Å²) < 4.78 is 0. The second kappa shape index (κ2) is 8.41. The van der Waals surface area contributed by atoms with Gasteiger partial charge in [-0.2, -0.15) is 0 Å². The summed E-state index contributed by atoms with van der Waals surface area (Å²) in [5.74, 6) is 1.77. The molecule has 0 radical (unpaired) electrons. The number of hydrogen-bond donors (Lipinski definition) is 0. The highest BCUT2D eigenvalue weighted by Crippen LogP contribution is 2.58. The van der Waals surface area contributed by atoms with E-state index in [9.17, 15) is 0 Å². The predicted molar refractivity (Wildman–Crippen MR) is 121 cm³/mol. The van der Waals surface area contributed by atoms with E-state index in [2.05, 4.69) is 97.9 Å². The molecular weight excluding hydrogens is 343 g/mol. The van der Waals surface area contributed by atoms with E-state index < -0.39 is 7.26 Å². The zero-order chi connectivity index (χ0) is 18.5. The molecule has 0 unspecified atom stereocenters. The van der Waals surface area contributed by atoms with Crippen LogP contribution in [0.3, 0.4) is 0 Å². The lowest BCUT2D eigenvalue weighted by Crippen LogP contribution is -2.35. The first kappa shape index (κ1) is 18.5. The van der Waals surface area contributed by atoms with Crippen LogP contribution in [0.5, 0.6) is 0 Å². The quantitative estimate of drug-likeness (QED) is 0.479. The molecule has 0 amide bonds. The molecule has 1 saturated carbocycles. The molecule has 2 atom stereocenters. The number of benzene rings is 3. The van der Waals surface area contributed by atoms with Crippen LogP contribution in [0.25, 0.3) is 0 Å². The molecule has 0 N–H and O–H groups in total. The SMILES string of the molecule is CC[C@@H]1CC[C@H](C[P+](c2ccccc2)(c2ccccc2)c2ccccc2)C1. The Morgan fingerprint density at radius 2 is 1.04 bits per heavy atom. The monoisotopic (exact) mass is 373 g/mol. The molecule has 1 fully saturated rings. The van der Waals surface area contributed by atoms with Gasteiger partial charge in [0.25, 0.3) is 0 Å². The van der Waals surface area contributed by atoms with Crippen LogP contribution in [0.15, 0.2) is 91.0 Å². The highest BCUT2D eigenvalue weighted by molar-refractivity contribution is 7.95. The van der Waals surface area contributed by atoms with Crippen LogP contribution in [0.2, 0.25) is 0 Å². The van der Waals surface area contributed by atoms with Gasteiger partial charge in [0, 0.05) is 0 Å². The van der Waals surface area contributed by atoms with Gasteiger partial charge in [-0.1, -0.05) is 74.4 Å². The molecule has 1 aliphatic rings. The smallest absolute Gasteiger partial charge is 0.0651 e. The van der Waals surface area contributed by atoms with Gasteiger partial charge >= 0.3 is 0 Å². The van der Waals surface area contributed by atoms with Crippen LogP contribution in [0.4, 0.5) is 0 Å². The average molecular weight is 374 g/mol. The second-order valence-corrected chi connectivity index (χ2v) is 11.5. The van der Waals surface area contributed by atoms with E-state index in [4.69, 9.17) is 0 Å². The van der Waals surface area contributed by atoms with E-state index >= 15 is 0 Å². The lowest BCUT2D eigenvalue weighted by Gasteiger charge is -2.30. The standard InChI is InChI=1S/C26H30P/c1-2-22-18-19-23(20-22)21-27(24-12-6-3-7-13-24,25-14-8-4-9-15-25)26-16-10-5-11-17-26/h3-17,22-23H,2,18-21H2,1H3/q+1/t22-,23+/m1/s1. The van der Waals surface area contributed by atoms with E-state index in [1.165, 1.54) is 47.8 Å². The van der Waals surface area contributed by atoms with Crippen molar-refractivity contribution in [1.29, 1.82) is 0 Å². The zero-order valence-electron chi connectivity index (χ0n) is 16.3. The Balaban J connectivity index is 1.87. The van der Waals surface area contributed by atoms with Gasteiger partial charge in [-0.25, -0.2) is 0 Å². The number of hydrogen-bond acceptors (Lipinski definition) is 0. The number of rotatable bonds is 6. The maximum atomic E-state index is 2.38. The Morgan fingerprint density at radius 3 is 1.41 bits per heavy atom. The van der Waals surface area contributed by atoms with Crippen LogP contribution in [0, 0.1) is 11.8 Å². The molecule has 27 heavy (non-hydrogen) atoms. The van der Waals surface area contributed by atoms with E-state index in [-0.39, 0.29) is 0 Å². The van der Waals surface area contributed by atoms with Crippen molar-refractivity contribution in [2.75, 3.05) is 6.16 Å². The fourth-order valence-electron chi connectivity index (χ4n) is 4.91. The molecule has 3 aromatic carbocycles. The minimum absolute atomic E-state index is 0.837. The molecule has 0 aromatic heterocycles. The Bertz CT molecular complexity index is 729. The van der Waals surface area contributed by atoms with E-state index in [0.29, 0.717) is 0 Å². The summed E-state index contributed by atoms with van der Waals surface area (Å²) >= 11 is 0. The van der Waals surface area contributed by atoms with Crippen molar-refractivity contribution in [2.45, 2.75) is 32.6 Å². The highest BCUT2D eigenvalue weighted by atomic mass is 31.2. The largest absolute Gasteiger partial charge is 0.112 e. The molecule has 3 aromatic rings. The Kier molecular flexibility index (Phi) is 5.74. The summed E-state index contributed by atoms with van der Waals surface area (Å²) in [4.78, 5) is 0. The molecule has 0 nitrogen and oxygen atoms in total. The van der Waals surface area contributed by atoms with Gasteiger partial charge in [0.15, 0.2) is 0 Å². The first-order valence-corrected chi connectivity index (χ1v) is 12.3. The topological polar surface area (TPSA) is 0 Å². The first-order chi connectivity index (χ1) is 13.3. The molecule has 0 bridgehead atoms. The van der Waals surface area contributed by atoms with Crippen molar-refractivity contribution in [3.8, 4) is 0 Å². The van der Waals surface area contributed by atoms with E-state index in [1.807, 2.05) is 0 Å². The molecule has 0 saturated heterocycles. The lowest BCUT2D eigenvalue weighted by molar-refractivity contribution is 0.503. The Hall–Kier alpha value is -1.91. The van der Waals surface area contributed by atoms with Gasteiger partial charge in [0.05, 0.1) is 6.16 Å². The fourth-order valence-corrected chi connectivity index (χ4v) is 9.59. The van der Waals surface area contributed by atoms with E-state index in [1.54, 1.807) is 0 Å². The van der Waals surface area contributed by atoms with Gasteiger partial charge in [0.2, 0.25) is 0 Å². The predicted octanol–water partition coefficient (Wildman–Crippen LogP) is 5.81. The summed E-state index contributed by atoms with van der Waals surface area (Å²) in [5, 5.41) is 4.59. The molecule has 4 rings (SSSR count). The molecule has 138 valence electrons. The van der Waals surface area contributed by atoms with Crippen LogP contribution in [-0.4, -0.2) is 6.16 Å². The molecule has 1 heteroatoms. The molecule has 0 spiro atoms. The summed E-state index contributed by atoms with van der Waals surface area (Å²) in [5.41, 5.74) is 0. The van der Waals surface area contributed by atoms with Crippen molar-refractivity contribution in [3.05, 3.63) is 91.0 Å². The Morgan fingerprint density at radius 1 is 0.630 bits per heavy atom. The molecular formula is C26H30P+. The molecule has 1 aliphatic carbocycles. The Labute approximate surface area is 165 Å². The van der Waals surface area contributed by atoms with Gasteiger partial charge < -0.3 is 0 Å². The third kappa shape index (κ3) is 3.74. The van der Waals surface area contributed by atoms with Crippen molar-refractivity contribution < 1.29 is 0 Å². The summed E-state index contributed by atoms with van der Waals surface area (Å²) in [7, 11) is -1.64. The zero-order valence-corrected chi connectivity index (χ0v) is 17.2. The van der Waals surface area contributed by atoms with Crippen LogP contribution in [0.1, 0.15) is 32.6 Å². The third-order valence-corrected chi connectivity index (χ3v) is 11.0. The van der Waals surface area contributed by atoms with Crippen molar-refractivity contribution in [1.82, 2.24) is 0 Å². The average Bonchev–Trinajstić information content (AvgIpc) is 3.21. The van der Waals surface area contributed by atoms with Gasteiger partial charge in [-0.15, -0.1) is 0 Å². The molecule has 0 aliphatic heterocycles. The summed E-state index contributed by atoms with van der Waals surface area (Å²) in [6, 6.07) is 34.0. The fraction of sp³-hybridized carbons (Fsp3) is 0.308. The minimum Gasteiger partial charge on any atom is -0.0651 e. The third-order valence-electron chi connectivity index (χ3n) is 6.35. The van der Waals surface area contributed by atoms with Crippen LogP contribution < -0.4 is 15.9 Å². The highest BCUT2D eigenvalue weighted by Gasteiger charge is 2.47. The first-order valence-electron chi connectivity index (χ1n) is 10.4. The maximum Gasteiger partial charge on any atom is 0.112 e. The van der Waals surface area contributed by atoms with Gasteiger partial charge in [-0.3, -0.25) is 0 Å². The van der Waals surface area contributed by atoms with Crippen molar-refractivity contribution >= 4 is 23.2 Å². The van der Waals surface area contributed by atoms with Gasteiger partial charge in [0.1, 0.15) is 23.2 Å². The second-order valence-electron chi connectivity index (χ2n) is 7.95.